The first-order valence-corrected chi connectivity index (χ1v) is 5.33. The summed E-state index contributed by atoms with van der Waals surface area (Å²) >= 11 is 0. The van der Waals surface area contributed by atoms with Gasteiger partial charge in [0, 0.05) is 17.5 Å². The molecule has 0 saturated carbocycles. The van der Waals surface area contributed by atoms with E-state index in [0.717, 1.165) is 11.1 Å². The lowest BCUT2D eigenvalue weighted by Gasteiger charge is -2.15. The van der Waals surface area contributed by atoms with Crippen molar-refractivity contribution in [3.05, 3.63) is 27.8 Å². The molecule has 2 amide bonds. The predicted molar refractivity (Wildman–Crippen MR) is 62.2 cm³/mol. The second-order valence-electron chi connectivity index (χ2n) is 4.13. The molecule has 1 aromatic carbocycles. The first-order valence-electron chi connectivity index (χ1n) is 5.33. The zero-order valence-electron chi connectivity index (χ0n) is 9.79. The third kappa shape index (κ3) is 1.54. The van der Waals surface area contributed by atoms with Gasteiger partial charge >= 0.3 is 0 Å². The van der Waals surface area contributed by atoms with Gasteiger partial charge < -0.3 is 16.2 Å². The van der Waals surface area contributed by atoms with Crippen molar-refractivity contribution in [3.63, 3.8) is 0 Å². The number of rotatable bonds is 2. The average Bonchev–Trinajstić information content (AvgIpc) is 2.65. The highest BCUT2D eigenvalue weighted by atomic mass is 16.5. The number of amides is 2. The Morgan fingerprint density at radius 2 is 1.65 bits per heavy atom. The molecule has 0 atom stereocenters. The standard InChI is InChI=1S/C12H14N2O3/c1-5-7-3-4-17-10(7)9(12(14)16)6(2)8(5)11(13)15/h3-4H2,1-2H3,(H2,13,15)(H2,14,16). The first-order chi connectivity index (χ1) is 7.95. The van der Waals surface area contributed by atoms with Gasteiger partial charge in [-0.05, 0) is 25.0 Å². The maximum atomic E-state index is 11.5. The number of fused-ring (bicyclic) bond motifs is 1. The molecule has 2 rings (SSSR count). The molecule has 0 aromatic heterocycles. The lowest BCUT2D eigenvalue weighted by Crippen LogP contribution is -2.21. The van der Waals surface area contributed by atoms with Gasteiger partial charge in [0.15, 0.2) is 0 Å². The number of ether oxygens (including phenoxy) is 1. The van der Waals surface area contributed by atoms with Crippen molar-refractivity contribution in [3.8, 4) is 5.75 Å². The van der Waals surface area contributed by atoms with Crippen LogP contribution in [0.25, 0.3) is 0 Å². The first kappa shape index (κ1) is 11.4. The molecule has 0 radical (unpaired) electrons. The summed E-state index contributed by atoms with van der Waals surface area (Å²) in [4.78, 5) is 22.9. The van der Waals surface area contributed by atoms with Crippen molar-refractivity contribution in [2.24, 2.45) is 11.5 Å². The van der Waals surface area contributed by atoms with Crippen LogP contribution >= 0.6 is 0 Å². The number of carbonyl (C=O) groups excluding carboxylic acids is 2. The van der Waals surface area contributed by atoms with Crippen LogP contribution in [0.15, 0.2) is 0 Å². The normalized spacial score (nSPS) is 13.1. The summed E-state index contributed by atoms with van der Waals surface area (Å²) in [5, 5.41) is 0. The number of hydrogen-bond donors (Lipinski definition) is 2. The number of carbonyl (C=O) groups is 2. The molecule has 0 unspecified atom stereocenters. The molecule has 4 N–H and O–H groups in total. The zero-order chi connectivity index (χ0) is 12.7. The van der Waals surface area contributed by atoms with Crippen molar-refractivity contribution in [2.75, 3.05) is 6.61 Å². The van der Waals surface area contributed by atoms with Gasteiger partial charge in [-0.25, -0.2) is 0 Å². The highest BCUT2D eigenvalue weighted by Gasteiger charge is 2.28. The molecule has 1 heterocycles. The summed E-state index contributed by atoms with van der Waals surface area (Å²) in [6.45, 7) is 3.97. The Labute approximate surface area is 98.7 Å². The molecule has 0 aliphatic carbocycles. The van der Waals surface area contributed by atoms with Crippen molar-refractivity contribution in [1.29, 1.82) is 0 Å². The fourth-order valence-corrected chi connectivity index (χ4v) is 2.43. The molecule has 0 fully saturated rings. The van der Waals surface area contributed by atoms with Crippen molar-refractivity contribution in [1.82, 2.24) is 0 Å². The van der Waals surface area contributed by atoms with E-state index in [4.69, 9.17) is 16.2 Å². The van der Waals surface area contributed by atoms with Crippen LogP contribution in [0, 0.1) is 13.8 Å². The Balaban J connectivity index is 2.86. The minimum atomic E-state index is -0.594. The second-order valence-corrected chi connectivity index (χ2v) is 4.13. The molecule has 90 valence electrons. The SMILES string of the molecule is Cc1c2c(c(C(N)=O)c(C)c1C(N)=O)OCC2. The van der Waals surface area contributed by atoms with E-state index in [1.807, 2.05) is 6.92 Å². The van der Waals surface area contributed by atoms with Crippen LogP contribution in [0.5, 0.6) is 5.75 Å². The van der Waals surface area contributed by atoms with Gasteiger partial charge in [-0.3, -0.25) is 9.59 Å². The number of nitrogens with two attached hydrogens (primary N) is 2. The van der Waals surface area contributed by atoms with E-state index in [1.54, 1.807) is 6.92 Å². The minimum Gasteiger partial charge on any atom is -0.492 e. The summed E-state index contributed by atoms with van der Waals surface area (Å²) < 4.78 is 5.43. The van der Waals surface area contributed by atoms with E-state index in [9.17, 15) is 9.59 Å². The Kier molecular flexibility index (Phi) is 2.53. The number of primary amides is 2. The Bertz CT molecular complexity index is 535. The summed E-state index contributed by atoms with van der Waals surface area (Å²) in [6.07, 6.45) is 0.669. The molecule has 0 bridgehead atoms. The van der Waals surface area contributed by atoms with Gasteiger partial charge in [0.05, 0.1) is 12.2 Å². The quantitative estimate of drug-likeness (QED) is 0.777. The fourth-order valence-electron chi connectivity index (χ4n) is 2.43. The van der Waals surface area contributed by atoms with E-state index in [1.165, 1.54) is 0 Å². The van der Waals surface area contributed by atoms with E-state index in [0.29, 0.717) is 29.9 Å². The summed E-state index contributed by atoms with van der Waals surface area (Å²) in [7, 11) is 0. The molecule has 1 aliphatic heterocycles. The van der Waals surface area contributed by atoms with Crippen LogP contribution in [0.1, 0.15) is 37.4 Å². The molecule has 5 nitrogen and oxygen atoms in total. The van der Waals surface area contributed by atoms with E-state index < -0.39 is 11.8 Å². The van der Waals surface area contributed by atoms with Gasteiger partial charge in [-0.15, -0.1) is 0 Å². The van der Waals surface area contributed by atoms with E-state index in [-0.39, 0.29) is 5.56 Å². The Morgan fingerprint density at radius 3 is 2.18 bits per heavy atom. The minimum absolute atomic E-state index is 0.275. The average molecular weight is 234 g/mol. The molecular formula is C12H14N2O3. The number of hydrogen-bond acceptors (Lipinski definition) is 3. The third-order valence-electron chi connectivity index (χ3n) is 3.17. The van der Waals surface area contributed by atoms with Crippen LogP contribution in [0.4, 0.5) is 0 Å². The topological polar surface area (TPSA) is 95.4 Å². The third-order valence-corrected chi connectivity index (χ3v) is 3.17. The summed E-state index contributed by atoms with van der Waals surface area (Å²) in [6, 6.07) is 0. The van der Waals surface area contributed by atoms with Gasteiger partial charge in [0.1, 0.15) is 5.75 Å². The number of benzene rings is 1. The fraction of sp³-hybridized carbons (Fsp3) is 0.333. The molecule has 5 heteroatoms. The molecular weight excluding hydrogens is 220 g/mol. The van der Waals surface area contributed by atoms with Gasteiger partial charge in [0.25, 0.3) is 5.91 Å². The predicted octanol–water partition coefficient (Wildman–Crippen LogP) is 0.436. The van der Waals surface area contributed by atoms with Gasteiger partial charge in [-0.2, -0.15) is 0 Å². The molecule has 17 heavy (non-hydrogen) atoms. The molecule has 0 spiro atoms. The largest absolute Gasteiger partial charge is 0.492 e. The van der Waals surface area contributed by atoms with E-state index in [2.05, 4.69) is 0 Å². The smallest absolute Gasteiger partial charge is 0.252 e. The van der Waals surface area contributed by atoms with Crippen LogP contribution in [0.2, 0.25) is 0 Å². The summed E-state index contributed by atoms with van der Waals surface area (Å²) in [5.74, 6) is -0.627. The highest BCUT2D eigenvalue weighted by molar-refractivity contribution is 6.04. The van der Waals surface area contributed by atoms with Crippen LogP contribution in [-0.2, 0) is 6.42 Å². The lowest BCUT2D eigenvalue weighted by atomic mass is 9.90. The van der Waals surface area contributed by atoms with E-state index >= 15 is 0 Å². The lowest BCUT2D eigenvalue weighted by molar-refractivity contribution is 0.0996. The van der Waals surface area contributed by atoms with Crippen molar-refractivity contribution >= 4 is 11.8 Å². The highest BCUT2D eigenvalue weighted by Crippen LogP contribution is 2.37. The van der Waals surface area contributed by atoms with Crippen LogP contribution in [0.3, 0.4) is 0 Å². The molecule has 0 saturated heterocycles. The maximum absolute atomic E-state index is 11.5. The van der Waals surface area contributed by atoms with Gasteiger partial charge in [0.2, 0.25) is 5.91 Å². The van der Waals surface area contributed by atoms with Crippen LogP contribution in [-0.4, -0.2) is 18.4 Å². The second kappa shape index (κ2) is 3.76. The van der Waals surface area contributed by atoms with Crippen molar-refractivity contribution in [2.45, 2.75) is 20.3 Å². The maximum Gasteiger partial charge on any atom is 0.252 e. The van der Waals surface area contributed by atoms with Crippen molar-refractivity contribution < 1.29 is 14.3 Å². The monoisotopic (exact) mass is 234 g/mol. The van der Waals surface area contributed by atoms with Gasteiger partial charge in [-0.1, -0.05) is 0 Å². The molecule has 1 aliphatic rings. The summed E-state index contributed by atoms with van der Waals surface area (Å²) in [5.41, 5.74) is 13.5. The molecule has 1 aromatic rings. The zero-order valence-corrected chi connectivity index (χ0v) is 9.79. The Morgan fingerprint density at radius 1 is 1.06 bits per heavy atom. The Hall–Kier alpha value is -2.04. The van der Waals surface area contributed by atoms with Crippen LogP contribution < -0.4 is 16.2 Å².